The highest BCUT2D eigenvalue weighted by molar-refractivity contribution is 7.91. The van der Waals surface area contributed by atoms with Gasteiger partial charge in [0, 0.05) is 5.69 Å². The van der Waals surface area contributed by atoms with Gasteiger partial charge in [-0.1, -0.05) is 31.2 Å². The fourth-order valence-electron chi connectivity index (χ4n) is 2.40. The number of benzene rings is 2. The standard InChI is InChI=1S/C19H21NO5S/c1-3-26(24,25)17-9-7-14(8-10-17)11-18(21)20-16-6-4-5-15(12-16)13(2)19(22)23/h4-10,12-13H,3,11H2,1-2H3,(H,20,21)(H,22,23). The fraction of sp³-hybridized carbons (Fsp3) is 0.263. The molecule has 1 unspecified atom stereocenters. The molecule has 26 heavy (non-hydrogen) atoms. The Hall–Kier alpha value is -2.67. The molecule has 2 N–H and O–H groups in total. The van der Waals surface area contributed by atoms with E-state index in [4.69, 9.17) is 5.11 Å². The number of hydrogen-bond acceptors (Lipinski definition) is 4. The molecule has 1 amide bonds. The molecule has 0 saturated heterocycles. The van der Waals surface area contributed by atoms with Gasteiger partial charge < -0.3 is 10.4 Å². The van der Waals surface area contributed by atoms with Crippen molar-refractivity contribution in [3.8, 4) is 0 Å². The van der Waals surface area contributed by atoms with Gasteiger partial charge in [0.05, 0.1) is 23.0 Å². The average Bonchev–Trinajstić information content (AvgIpc) is 2.61. The van der Waals surface area contributed by atoms with Crippen molar-refractivity contribution < 1.29 is 23.1 Å². The van der Waals surface area contributed by atoms with E-state index < -0.39 is 21.7 Å². The quantitative estimate of drug-likeness (QED) is 0.775. The zero-order valence-corrected chi connectivity index (χ0v) is 15.4. The predicted molar refractivity (Wildman–Crippen MR) is 99.0 cm³/mol. The van der Waals surface area contributed by atoms with Crippen molar-refractivity contribution in [3.63, 3.8) is 0 Å². The maximum absolute atomic E-state index is 12.2. The number of carboxylic acid groups (broad SMARTS) is 1. The predicted octanol–water partition coefficient (Wildman–Crippen LogP) is 2.85. The zero-order valence-electron chi connectivity index (χ0n) is 14.6. The maximum Gasteiger partial charge on any atom is 0.310 e. The molecule has 0 aliphatic carbocycles. The average molecular weight is 375 g/mol. The van der Waals surface area contributed by atoms with E-state index in [1.165, 1.54) is 12.1 Å². The maximum atomic E-state index is 12.2. The molecular weight excluding hydrogens is 354 g/mol. The third kappa shape index (κ3) is 4.92. The topological polar surface area (TPSA) is 101 Å². The third-order valence-corrected chi connectivity index (χ3v) is 5.82. The first-order valence-corrected chi connectivity index (χ1v) is 9.82. The van der Waals surface area contributed by atoms with Crippen molar-refractivity contribution in [3.05, 3.63) is 59.7 Å². The minimum Gasteiger partial charge on any atom is -0.481 e. The molecule has 0 aliphatic heterocycles. The highest BCUT2D eigenvalue weighted by Crippen LogP contribution is 2.20. The van der Waals surface area contributed by atoms with Gasteiger partial charge in [-0.3, -0.25) is 9.59 Å². The number of carbonyl (C=O) groups excluding carboxylic acids is 1. The second kappa shape index (κ2) is 8.14. The Morgan fingerprint density at radius 1 is 1.12 bits per heavy atom. The number of nitrogens with one attached hydrogen (secondary N) is 1. The lowest BCUT2D eigenvalue weighted by molar-refractivity contribution is -0.138. The second-order valence-corrected chi connectivity index (χ2v) is 8.24. The van der Waals surface area contributed by atoms with Gasteiger partial charge in [0.2, 0.25) is 5.91 Å². The number of carbonyl (C=O) groups is 2. The van der Waals surface area contributed by atoms with E-state index in [9.17, 15) is 18.0 Å². The van der Waals surface area contributed by atoms with Crippen LogP contribution in [0.3, 0.4) is 0 Å². The van der Waals surface area contributed by atoms with Crippen LogP contribution in [-0.2, 0) is 25.8 Å². The molecule has 0 spiro atoms. The van der Waals surface area contributed by atoms with Crippen LogP contribution < -0.4 is 5.32 Å². The Balaban J connectivity index is 2.05. The monoisotopic (exact) mass is 375 g/mol. The molecule has 0 heterocycles. The lowest BCUT2D eigenvalue weighted by atomic mass is 10.0. The van der Waals surface area contributed by atoms with Gasteiger partial charge in [-0.25, -0.2) is 8.42 Å². The summed E-state index contributed by atoms with van der Waals surface area (Å²) in [7, 11) is -3.26. The minimum absolute atomic E-state index is 0.0257. The summed E-state index contributed by atoms with van der Waals surface area (Å²) in [6, 6.07) is 12.9. The molecule has 0 bridgehead atoms. The number of carboxylic acids is 1. The normalized spacial score (nSPS) is 12.4. The molecule has 0 aliphatic rings. The number of rotatable bonds is 7. The summed E-state index contributed by atoms with van der Waals surface area (Å²) in [5.74, 6) is -1.84. The first-order chi connectivity index (χ1) is 12.2. The van der Waals surface area contributed by atoms with Crippen LogP contribution in [-0.4, -0.2) is 31.2 Å². The Labute approximate surface area is 152 Å². The van der Waals surface area contributed by atoms with Crippen LogP contribution in [0.1, 0.15) is 30.9 Å². The minimum atomic E-state index is -3.26. The van der Waals surface area contributed by atoms with Gasteiger partial charge in [0.25, 0.3) is 0 Å². The number of amides is 1. The molecule has 0 fully saturated rings. The van der Waals surface area contributed by atoms with Crippen LogP contribution in [0, 0.1) is 0 Å². The zero-order chi connectivity index (χ0) is 19.3. The van der Waals surface area contributed by atoms with Crippen molar-refractivity contribution in [2.24, 2.45) is 0 Å². The number of sulfone groups is 1. The highest BCUT2D eigenvalue weighted by atomic mass is 32.2. The smallest absolute Gasteiger partial charge is 0.310 e. The van der Waals surface area contributed by atoms with Gasteiger partial charge in [-0.2, -0.15) is 0 Å². The lowest BCUT2D eigenvalue weighted by Crippen LogP contribution is -2.15. The van der Waals surface area contributed by atoms with E-state index in [1.54, 1.807) is 50.2 Å². The molecular formula is C19H21NO5S. The van der Waals surface area contributed by atoms with Gasteiger partial charge in [-0.05, 0) is 42.3 Å². The Morgan fingerprint density at radius 3 is 2.35 bits per heavy atom. The van der Waals surface area contributed by atoms with E-state index in [-0.39, 0.29) is 23.0 Å². The summed E-state index contributed by atoms with van der Waals surface area (Å²) in [5.41, 5.74) is 1.81. The van der Waals surface area contributed by atoms with E-state index >= 15 is 0 Å². The number of aliphatic carboxylic acids is 1. The first kappa shape index (κ1) is 19.7. The summed E-state index contributed by atoms with van der Waals surface area (Å²) in [6.45, 7) is 3.16. The second-order valence-electron chi connectivity index (χ2n) is 5.96. The van der Waals surface area contributed by atoms with Crippen molar-refractivity contribution in [1.29, 1.82) is 0 Å². The number of anilines is 1. The van der Waals surface area contributed by atoms with Crippen LogP contribution in [0.5, 0.6) is 0 Å². The highest BCUT2D eigenvalue weighted by Gasteiger charge is 2.15. The molecule has 1 atom stereocenters. The van der Waals surface area contributed by atoms with E-state index in [0.717, 1.165) is 0 Å². The van der Waals surface area contributed by atoms with Crippen LogP contribution in [0.2, 0.25) is 0 Å². The Morgan fingerprint density at radius 2 is 1.77 bits per heavy atom. The molecule has 0 radical (unpaired) electrons. The molecule has 7 heteroatoms. The summed E-state index contributed by atoms with van der Waals surface area (Å²) in [6.07, 6.45) is 0.0885. The molecule has 0 aromatic heterocycles. The summed E-state index contributed by atoms with van der Waals surface area (Å²) in [5, 5.41) is 11.8. The van der Waals surface area contributed by atoms with Crippen molar-refractivity contribution >= 4 is 27.4 Å². The van der Waals surface area contributed by atoms with Gasteiger partial charge in [0.15, 0.2) is 9.84 Å². The molecule has 6 nitrogen and oxygen atoms in total. The molecule has 2 rings (SSSR count). The Bertz CT molecular complexity index is 904. The fourth-order valence-corrected chi connectivity index (χ4v) is 3.28. The van der Waals surface area contributed by atoms with Crippen molar-refractivity contribution in [2.45, 2.75) is 31.1 Å². The van der Waals surface area contributed by atoms with Gasteiger partial charge in [0.1, 0.15) is 0 Å². The first-order valence-electron chi connectivity index (χ1n) is 8.17. The summed E-state index contributed by atoms with van der Waals surface area (Å²) >= 11 is 0. The van der Waals surface area contributed by atoms with E-state index in [2.05, 4.69) is 5.32 Å². The Kier molecular flexibility index (Phi) is 6.15. The third-order valence-electron chi connectivity index (χ3n) is 4.07. The van der Waals surface area contributed by atoms with E-state index in [0.29, 0.717) is 16.8 Å². The summed E-state index contributed by atoms with van der Waals surface area (Å²) in [4.78, 5) is 23.5. The lowest BCUT2D eigenvalue weighted by Gasteiger charge is -2.10. The van der Waals surface area contributed by atoms with Crippen LogP contribution in [0.4, 0.5) is 5.69 Å². The van der Waals surface area contributed by atoms with Crippen LogP contribution >= 0.6 is 0 Å². The van der Waals surface area contributed by atoms with Crippen molar-refractivity contribution in [2.75, 3.05) is 11.1 Å². The molecule has 2 aromatic rings. The van der Waals surface area contributed by atoms with Gasteiger partial charge in [-0.15, -0.1) is 0 Å². The molecule has 0 saturated carbocycles. The van der Waals surface area contributed by atoms with Crippen molar-refractivity contribution in [1.82, 2.24) is 0 Å². The van der Waals surface area contributed by atoms with Crippen LogP contribution in [0.25, 0.3) is 0 Å². The van der Waals surface area contributed by atoms with Crippen LogP contribution in [0.15, 0.2) is 53.4 Å². The summed E-state index contributed by atoms with van der Waals surface area (Å²) < 4.78 is 23.6. The largest absolute Gasteiger partial charge is 0.481 e. The van der Waals surface area contributed by atoms with Gasteiger partial charge >= 0.3 is 5.97 Å². The molecule has 2 aromatic carbocycles. The number of hydrogen-bond donors (Lipinski definition) is 2. The SMILES string of the molecule is CCS(=O)(=O)c1ccc(CC(=O)Nc2cccc(C(C)C(=O)O)c2)cc1. The van der Waals surface area contributed by atoms with E-state index in [1.807, 2.05) is 0 Å². The molecule has 138 valence electrons.